The quantitative estimate of drug-likeness (QED) is 0.770. The van der Waals surface area contributed by atoms with Crippen LogP contribution in [0.5, 0.6) is 0 Å². The van der Waals surface area contributed by atoms with E-state index in [1.807, 2.05) is 6.92 Å². The summed E-state index contributed by atoms with van der Waals surface area (Å²) in [6.45, 7) is 13.4. The van der Waals surface area contributed by atoms with E-state index >= 15 is 0 Å². The molecule has 2 N–H and O–H groups in total. The first-order valence-corrected chi connectivity index (χ1v) is 7.76. The third kappa shape index (κ3) is 4.77. The smallest absolute Gasteiger partial charge is 0.237 e. The van der Waals surface area contributed by atoms with Crippen molar-refractivity contribution in [2.45, 2.75) is 65.6 Å². The highest BCUT2D eigenvalue weighted by Crippen LogP contribution is 2.15. The molecule has 0 radical (unpaired) electrons. The first-order valence-electron chi connectivity index (χ1n) is 7.76. The third-order valence-electron chi connectivity index (χ3n) is 4.07. The molecule has 112 valence electrons. The molecule has 1 aliphatic heterocycles. The Kier molecular flexibility index (Phi) is 6.80. The van der Waals surface area contributed by atoms with Crippen LogP contribution in [0, 0.1) is 5.92 Å². The molecule has 1 fully saturated rings. The number of carbonyl (C=O) groups is 1. The minimum absolute atomic E-state index is 0.0279. The van der Waals surface area contributed by atoms with Gasteiger partial charge in [-0.1, -0.05) is 27.7 Å². The Balaban J connectivity index is 2.59. The second-order valence-corrected chi connectivity index (χ2v) is 6.09. The molecule has 1 heterocycles. The van der Waals surface area contributed by atoms with Crippen molar-refractivity contribution >= 4 is 5.91 Å². The molecule has 1 saturated heterocycles. The first-order chi connectivity index (χ1) is 8.99. The van der Waals surface area contributed by atoms with Gasteiger partial charge in [-0.3, -0.25) is 9.69 Å². The molecule has 1 aliphatic rings. The largest absolute Gasteiger partial charge is 0.354 e. The Morgan fingerprint density at radius 3 is 2.53 bits per heavy atom. The Hall–Kier alpha value is -0.610. The number of hydrogen-bond acceptors (Lipinski definition) is 3. The van der Waals surface area contributed by atoms with Gasteiger partial charge in [-0.25, -0.2) is 0 Å². The fourth-order valence-electron chi connectivity index (χ4n) is 2.62. The Morgan fingerprint density at radius 2 is 2.00 bits per heavy atom. The topological polar surface area (TPSA) is 44.4 Å². The molecule has 4 nitrogen and oxygen atoms in total. The van der Waals surface area contributed by atoms with Gasteiger partial charge in [0.25, 0.3) is 0 Å². The average molecular weight is 269 g/mol. The van der Waals surface area contributed by atoms with E-state index in [0.29, 0.717) is 18.0 Å². The second-order valence-electron chi connectivity index (χ2n) is 6.09. The molecule has 3 unspecified atom stereocenters. The van der Waals surface area contributed by atoms with Gasteiger partial charge >= 0.3 is 0 Å². The van der Waals surface area contributed by atoms with E-state index < -0.39 is 0 Å². The van der Waals surface area contributed by atoms with Crippen LogP contribution >= 0.6 is 0 Å². The highest BCUT2D eigenvalue weighted by atomic mass is 16.2. The fourth-order valence-corrected chi connectivity index (χ4v) is 2.62. The van der Waals surface area contributed by atoms with Crippen molar-refractivity contribution in [1.82, 2.24) is 15.5 Å². The number of nitrogens with zero attached hydrogens (tertiary/aromatic N) is 1. The maximum Gasteiger partial charge on any atom is 0.237 e. The molecule has 0 aromatic heterocycles. The zero-order chi connectivity index (χ0) is 14.4. The van der Waals surface area contributed by atoms with Crippen molar-refractivity contribution in [2.75, 3.05) is 19.6 Å². The fraction of sp³-hybridized carbons (Fsp3) is 0.933. The van der Waals surface area contributed by atoms with E-state index in [1.54, 1.807) is 0 Å². The van der Waals surface area contributed by atoms with Crippen LogP contribution < -0.4 is 10.6 Å². The molecule has 0 aliphatic carbocycles. The minimum Gasteiger partial charge on any atom is -0.354 e. The van der Waals surface area contributed by atoms with Gasteiger partial charge in [0.1, 0.15) is 0 Å². The summed E-state index contributed by atoms with van der Waals surface area (Å²) >= 11 is 0. The predicted molar refractivity (Wildman–Crippen MR) is 80.2 cm³/mol. The van der Waals surface area contributed by atoms with E-state index in [0.717, 1.165) is 32.5 Å². The summed E-state index contributed by atoms with van der Waals surface area (Å²) in [7, 11) is 0. The summed E-state index contributed by atoms with van der Waals surface area (Å²) in [6, 6.07) is 0.964. The predicted octanol–water partition coefficient (Wildman–Crippen LogP) is 1.61. The number of amides is 1. The van der Waals surface area contributed by atoms with Gasteiger partial charge in [-0.2, -0.15) is 0 Å². The van der Waals surface area contributed by atoms with Gasteiger partial charge in [0, 0.05) is 31.7 Å². The molecule has 0 aromatic carbocycles. The van der Waals surface area contributed by atoms with Crippen molar-refractivity contribution in [3.8, 4) is 0 Å². The van der Waals surface area contributed by atoms with Crippen LogP contribution in [0.4, 0.5) is 0 Å². The van der Waals surface area contributed by atoms with Gasteiger partial charge in [-0.05, 0) is 25.7 Å². The molecule has 3 atom stereocenters. The summed E-state index contributed by atoms with van der Waals surface area (Å²) in [5, 5.41) is 6.63. The molecular formula is C15H31N3O. The van der Waals surface area contributed by atoms with Gasteiger partial charge in [0.05, 0.1) is 6.04 Å². The van der Waals surface area contributed by atoms with Crippen molar-refractivity contribution in [3.05, 3.63) is 0 Å². The summed E-state index contributed by atoms with van der Waals surface area (Å²) in [5.74, 6) is 0.674. The van der Waals surface area contributed by atoms with Crippen molar-refractivity contribution in [3.63, 3.8) is 0 Å². The molecule has 0 aromatic rings. The van der Waals surface area contributed by atoms with Crippen LogP contribution in [0.2, 0.25) is 0 Å². The Bertz CT molecular complexity index is 281. The van der Waals surface area contributed by atoms with Crippen LogP contribution in [0.1, 0.15) is 47.5 Å². The van der Waals surface area contributed by atoms with Gasteiger partial charge in [-0.15, -0.1) is 0 Å². The zero-order valence-corrected chi connectivity index (χ0v) is 13.2. The number of rotatable bonds is 6. The van der Waals surface area contributed by atoms with Crippen molar-refractivity contribution < 1.29 is 4.79 Å². The SMILES string of the molecule is CCC1CN(C(C)C(=O)NCC(C)C)C(CC)CN1. The van der Waals surface area contributed by atoms with Crippen LogP contribution in [0.3, 0.4) is 0 Å². The zero-order valence-electron chi connectivity index (χ0n) is 13.2. The maximum atomic E-state index is 12.2. The highest BCUT2D eigenvalue weighted by molar-refractivity contribution is 5.81. The summed E-state index contributed by atoms with van der Waals surface area (Å²) in [4.78, 5) is 14.6. The van der Waals surface area contributed by atoms with Gasteiger partial charge in [0.2, 0.25) is 5.91 Å². The summed E-state index contributed by atoms with van der Waals surface area (Å²) < 4.78 is 0. The lowest BCUT2D eigenvalue weighted by atomic mass is 10.0. The van der Waals surface area contributed by atoms with Crippen molar-refractivity contribution in [2.24, 2.45) is 5.92 Å². The number of carbonyl (C=O) groups excluding carboxylic acids is 1. The molecule has 0 saturated carbocycles. The Morgan fingerprint density at radius 1 is 1.32 bits per heavy atom. The molecule has 1 rings (SSSR count). The number of nitrogens with one attached hydrogen (secondary N) is 2. The lowest BCUT2D eigenvalue weighted by molar-refractivity contribution is -0.127. The molecule has 0 bridgehead atoms. The van der Waals surface area contributed by atoms with Gasteiger partial charge in [0.15, 0.2) is 0 Å². The van der Waals surface area contributed by atoms with E-state index in [1.165, 1.54) is 0 Å². The second kappa shape index (κ2) is 7.85. The van der Waals surface area contributed by atoms with E-state index in [-0.39, 0.29) is 11.9 Å². The summed E-state index contributed by atoms with van der Waals surface area (Å²) in [5.41, 5.74) is 0. The monoisotopic (exact) mass is 269 g/mol. The molecule has 1 amide bonds. The third-order valence-corrected chi connectivity index (χ3v) is 4.07. The highest BCUT2D eigenvalue weighted by Gasteiger charge is 2.32. The van der Waals surface area contributed by atoms with Crippen LogP contribution in [-0.2, 0) is 4.79 Å². The average Bonchev–Trinajstić information content (AvgIpc) is 2.42. The van der Waals surface area contributed by atoms with E-state index in [9.17, 15) is 4.79 Å². The number of hydrogen-bond donors (Lipinski definition) is 2. The normalized spacial score (nSPS) is 26.4. The van der Waals surface area contributed by atoms with Crippen LogP contribution in [0.15, 0.2) is 0 Å². The van der Waals surface area contributed by atoms with Gasteiger partial charge < -0.3 is 10.6 Å². The molecule has 0 spiro atoms. The number of piperazine rings is 1. The molecule has 4 heteroatoms. The lowest BCUT2D eigenvalue weighted by Crippen LogP contribution is -2.61. The van der Waals surface area contributed by atoms with Crippen molar-refractivity contribution in [1.29, 1.82) is 0 Å². The lowest BCUT2D eigenvalue weighted by Gasteiger charge is -2.42. The Labute approximate surface area is 118 Å². The van der Waals surface area contributed by atoms with Crippen LogP contribution in [0.25, 0.3) is 0 Å². The minimum atomic E-state index is -0.0279. The first kappa shape index (κ1) is 16.4. The molecular weight excluding hydrogens is 238 g/mol. The standard InChI is InChI=1S/C15H31N3O/c1-6-13-10-18(14(7-2)9-16-13)12(5)15(19)17-8-11(3)4/h11-14,16H,6-10H2,1-5H3,(H,17,19). The maximum absolute atomic E-state index is 12.2. The van der Waals surface area contributed by atoms with E-state index in [4.69, 9.17) is 0 Å². The van der Waals surface area contributed by atoms with E-state index in [2.05, 4.69) is 43.2 Å². The molecule has 19 heavy (non-hydrogen) atoms. The summed E-state index contributed by atoms with van der Waals surface area (Å²) in [6.07, 6.45) is 2.21. The van der Waals surface area contributed by atoms with Crippen LogP contribution in [-0.4, -0.2) is 48.6 Å².